The Kier molecular flexibility index (Phi) is 7.37. The molecule has 0 atom stereocenters. The number of hydrogen-bond donors (Lipinski definition) is 2. The van der Waals surface area contributed by atoms with Gasteiger partial charge in [0, 0.05) is 25.1 Å². The van der Waals surface area contributed by atoms with Gasteiger partial charge < -0.3 is 15.4 Å². The van der Waals surface area contributed by atoms with E-state index in [2.05, 4.69) is 10.6 Å². The van der Waals surface area contributed by atoms with E-state index in [1.165, 1.54) is 6.07 Å². The van der Waals surface area contributed by atoms with Gasteiger partial charge >= 0.3 is 5.97 Å². The monoisotopic (exact) mass is 393 g/mol. The van der Waals surface area contributed by atoms with Crippen molar-refractivity contribution in [3.63, 3.8) is 0 Å². The van der Waals surface area contributed by atoms with Crippen molar-refractivity contribution in [2.75, 3.05) is 23.8 Å². The molecule has 0 aliphatic carbocycles. The minimum absolute atomic E-state index is 0.0220. The van der Waals surface area contributed by atoms with E-state index in [1.807, 2.05) is 0 Å². The van der Waals surface area contributed by atoms with Crippen molar-refractivity contribution in [2.45, 2.75) is 12.8 Å². The van der Waals surface area contributed by atoms with Crippen molar-refractivity contribution in [3.05, 3.63) is 64.2 Å². The second kappa shape index (κ2) is 9.95. The van der Waals surface area contributed by atoms with Gasteiger partial charge in [0.15, 0.2) is 6.61 Å². The Balaban J connectivity index is 1.69. The minimum Gasteiger partial charge on any atom is -0.456 e. The summed E-state index contributed by atoms with van der Waals surface area (Å²) in [5.41, 5.74) is 0.0347. The summed E-state index contributed by atoms with van der Waals surface area (Å²) in [5, 5.41) is 15.9. The summed E-state index contributed by atoms with van der Waals surface area (Å²) < 4.78 is 31.0. The number of anilines is 2. The van der Waals surface area contributed by atoms with Gasteiger partial charge in [0.25, 0.3) is 11.6 Å². The van der Waals surface area contributed by atoms with Crippen molar-refractivity contribution in [1.29, 1.82) is 0 Å². The number of para-hydroxylation sites is 2. The van der Waals surface area contributed by atoms with Gasteiger partial charge in [0.05, 0.1) is 10.6 Å². The maximum atomic E-state index is 13.4. The molecule has 1 amide bonds. The van der Waals surface area contributed by atoms with Crippen LogP contribution in [0.2, 0.25) is 0 Å². The van der Waals surface area contributed by atoms with Crippen LogP contribution in [0, 0.1) is 21.7 Å². The normalized spacial score (nSPS) is 10.2. The van der Waals surface area contributed by atoms with Gasteiger partial charge in [0.1, 0.15) is 17.3 Å². The largest absolute Gasteiger partial charge is 0.456 e. The van der Waals surface area contributed by atoms with Gasteiger partial charge in [0.2, 0.25) is 0 Å². The van der Waals surface area contributed by atoms with Crippen molar-refractivity contribution >= 4 is 28.9 Å². The molecule has 0 aliphatic heterocycles. The molecule has 0 radical (unpaired) electrons. The highest BCUT2D eigenvalue weighted by atomic mass is 19.1. The molecule has 0 aromatic heterocycles. The smallest absolute Gasteiger partial charge is 0.306 e. The lowest BCUT2D eigenvalue weighted by molar-refractivity contribution is -0.384. The van der Waals surface area contributed by atoms with Crippen LogP contribution in [0.25, 0.3) is 0 Å². The predicted molar refractivity (Wildman–Crippen MR) is 96.8 cm³/mol. The van der Waals surface area contributed by atoms with E-state index < -0.39 is 35.0 Å². The van der Waals surface area contributed by atoms with Crippen molar-refractivity contribution in [3.8, 4) is 0 Å². The predicted octanol–water partition coefficient (Wildman–Crippen LogP) is 3.25. The molecule has 148 valence electrons. The number of carbonyl (C=O) groups excluding carboxylic acids is 2. The van der Waals surface area contributed by atoms with Gasteiger partial charge in [-0.1, -0.05) is 12.1 Å². The number of ether oxygens (including phenoxy) is 1. The van der Waals surface area contributed by atoms with Crippen LogP contribution in [-0.2, 0) is 14.3 Å². The fraction of sp³-hybridized carbons (Fsp3) is 0.222. The van der Waals surface area contributed by atoms with Crippen molar-refractivity contribution in [2.24, 2.45) is 0 Å². The highest BCUT2D eigenvalue weighted by Crippen LogP contribution is 2.23. The molecule has 0 saturated carbocycles. The third-order valence-corrected chi connectivity index (χ3v) is 3.54. The summed E-state index contributed by atoms with van der Waals surface area (Å²) in [6, 6.07) is 8.75. The molecule has 0 spiro atoms. The van der Waals surface area contributed by atoms with Crippen molar-refractivity contribution < 1.29 is 28.0 Å². The van der Waals surface area contributed by atoms with E-state index in [0.29, 0.717) is 18.2 Å². The Morgan fingerprint density at radius 3 is 2.57 bits per heavy atom. The van der Waals surface area contributed by atoms with E-state index in [0.717, 1.165) is 12.1 Å². The minimum atomic E-state index is -0.944. The Morgan fingerprint density at radius 2 is 1.86 bits per heavy atom. The van der Waals surface area contributed by atoms with Crippen LogP contribution in [0.5, 0.6) is 0 Å². The first-order valence-corrected chi connectivity index (χ1v) is 8.24. The van der Waals surface area contributed by atoms with Crippen LogP contribution in [0.4, 0.5) is 25.8 Å². The van der Waals surface area contributed by atoms with Crippen LogP contribution >= 0.6 is 0 Å². The lowest BCUT2D eigenvalue weighted by Crippen LogP contribution is -2.21. The van der Waals surface area contributed by atoms with E-state index in [4.69, 9.17) is 4.74 Å². The zero-order valence-corrected chi connectivity index (χ0v) is 14.6. The Hall–Kier alpha value is -3.56. The van der Waals surface area contributed by atoms with E-state index >= 15 is 0 Å². The number of hydrogen-bond acceptors (Lipinski definition) is 6. The molecule has 8 nitrogen and oxygen atoms in total. The molecule has 28 heavy (non-hydrogen) atoms. The summed E-state index contributed by atoms with van der Waals surface area (Å²) in [5.74, 6) is -3.15. The number of nitrogens with one attached hydrogen (secondary N) is 2. The number of nitro benzene ring substituents is 1. The second-order valence-electron chi connectivity index (χ2n) is 5.64. The number of nitrogens with zero attached hydrogens (tertiary/aromatic N) is 1. The van der Waals surface area contributed by atoms with Gasteiger partial charge in [-0.05, 0) is 24.6 Å². The van der Waals surface area contributed by atoms with Crippen LogP contribution in [0.15, 0.2) is 42.5 Å². The summed E-state index contributed by atoms with van der Waals surface area (Å²) >= 11 is 0. The first-order chi connectivity index (χ1) is 13.4. The molecular weight excluding hydrogens is 376 g/mol. The van der Waals surface area contributed by atoms with E-state index in [9.17, 15) is 28.5 Å². The fourth-order valence-electron chi connectivity index (χ4n) is 2.23. The average molecular weight is 393 g/mol. The van der Waals surface area contributed by atoms with Gasteiger partial charge in [-0.25, -0.2) is 8.78 Å². The van der Waals surface area contributed by atoms with Crippen molar-refractivity contribution in [1.82, 2.24) is 0 Å². The van der Waals surface area contributed by atoms with E-state index in [-0.39, 0.29) is 24.3 Å². The fourth-order valence-corrected chi connectivity index (χ4v) is 2.23. The Labute approximate surface area is 158 Å². The third-order valence-electron chi connectivity index (χ3n) is 3.54. The first-order valence-electron chi connectivity index (χ1n) is 8.24. The van der Waals surface area contributed by atoms with Crippen LogP contribution in [0.3, 0.4) is 0 Å². The summed E-state index contributed by atoms with van der Waals surface area (Å²) in [4.78, 5) is 33.7. The summed E-state index contributed by atoms with van der Waals surface area (Å²) in [6.45, 7) is -0.333. The third kappa shape index (κ3) is 6.31. The van der Waals surface area contributed by atoms with Gasteiger partial charge in [-0.2, -0.15) is 0 Å². The van der Waals surface area contributed by atoms with Crippen LogP contribution in [-0.4, -0.2) is 30.0 Å². The number of nitro groups is 1. The van der Waals surface area contributed by atoms with E-state index in [1.54, 1.807) is 18.2 Å². The van der Waals surface area contributed by atoms with Gasteiger partial charge in [-0.3, -0.25) is 19.7 Å². The van der Waals surface area contributed by atoms with Crippen LogP contribution in [0.1, 0.15) is 12.8 Å². The molecule has 0 fully saturated rings. The molecule has 0 aliphatic rings. The van der Waals surface area contributed by atoms with Crippen LogP contribution < -0.4 is 10.6 Å². The quantitative estimate of drug-likeness (QED) is 0.293. The summed E-state index contributed by atoms with van der Waals surface area (Å²) in [7, 11) is 0. The SMILES string of the molecule is O=C(COC(=O)CCCNc1ccccc1[N+](=O)[O-])Nc1ccc(F)cc1F. The molecule has 2 aromatic rings. The molecule has 10 heteroatoms. The molecule has 0 unspecified atom stereocenters. The Morgan fingerprint density at radius 1 is 1.11 bits per heavy atom. The number of halogens is 2. The second-order valence-corrected chi connectivity index (χ2v) is 5.64. The topological polar surface area (TPSA) is 111 Å². The zero-order valence-electron chi connectivity index (χ0n) is 14.6. The summed E-state index contributed by atoms with van der Waals surface area (Å²) in [6.07, 6.45) is 0.297. The van der Waals surface area contributed by atoms with Gasteiger partial charge in [-0.15, -0.1) is 0 Å². The Bertz CT molecular complexity index is 876. The molecule has 2 N–H and O–H groups in total. The highest BCUT2D eigenvalue weighted by Gasteiger charge is 2.13. The lowest BCUT2D eigenvalue weighted by Gasteiger charge is -2.08. The number of esters is 1. The first kappa shape index (κ1) is 20.7. The number of amides is 1. The maximum Gasteiger partial charge on any atom is 0.306 e. The number of carbonyl (C=O) groups is 2. The molecule has 0 heterocycles. The highest BCUT2D eigenvalue weighted by molar-refractivity contribution is 5.92. The zero-order chi connectivity index (χ0) is 20.5. The average Bonchev–Trinajstić information content (AvgIpc) is 2.66. The molecule has 0 bridgehead atoms. The lowest BCUT2D eigenvalue weighted by atomic mass is 10.2. The maximum absolute atomic E-state index is 13.4. The molecular formula is C18H17F2N3O5. The number of rotatable bonds is 9. The standard InChI is InChI=1S/C18H17F2N3O5/c19-12-7-8-14(13(20)10-12)22-17(24)11-28-18(25)6-3-9-21-15-4-1-2-5-16(15)23(26)27/h1-2,4-5,7-8,10,21H,3,6,9,11H2,(H,22,24). The molecule has 0 saturated heterocycles. The number of benzene rings is 2. The molecule has 2 rings (SSSR count). The molecule has 2 aromatic carbocycles.